The van der Waals surface area contributed by atoms with E-state index in [1.807, 2.05) is 0 Å². The van der Waals surface area contributed by atoms with Crippen LogP contribution in [-0.4, -0.2) is 28.8 Å². The van der Waals surface area contributed by atoms with E-state index in [1.165, 1.54) is 7.11 Å². The highest BCUT2D eigenvalue weighted by atomic mass is 19.1. The molecule has 2 N–H and O–H groups in total. The highest BCUT2D eigenvalue weighted by Crippen LogP contribution is 2.30. The minimum atomic E-state index is -1.03. The molecule has 0 aliphatic carbocycles. The zero-order valence-electron chi connectivity index (χ0n) is 11.4. The summed E-state index contributed by atoms with van der Waals surface area (Å²) in [6.07, 6.45) is 0. The lowest BCUT2D eigenvalue weighted by atomic mass is 10.1. The van der Waals surface area contributed by atoms with Crippen molar-refractivity contribution in [1.29, 1.82) is 0 Å². The molecule has 0 fully saturated rings. The average Bonchev–Trinajstić information content (AvgIpc) is 2.88. The van der Waals surface area contributed by atoms with Crippen LogP contribution in [0.3, 0.4) is 0 Å². The maximum absolute atomic E-state index is 13.3. The van der Waals surface area contributed by atoms with E-state index in [4.69, 9.17) is 15.0 Å². The van der Waals surface area contributed by atoms with Gasteiger partial charge in [0.1, 0.15) is 16.9 Å². The molecule has 0 amide bonds. The molecule has 1 atom stereocenters. The topological polar surface area (TPSA) is 117 Å². The maximum Gasteiger partial charge on any atom is 0.282 e. The molecular formula is C12H13FN4O4. The summed E-state index contributed by atoms with van der Waals surface area (Å²) >= 11 is 0. The standard InChI is InChI=1S/C12H13FN4O4/c1-12(14,6-20-2)11-15-10(21-16-11)8-5-7(13)3-4-9(8)17(18)19/h3-5H,6,14H2,1-2H3. The second kappa shape index (κ2) is 5.54. The molecule has 0 aliphatic heterocycles. The van der Waals surface area contributed by atoms with E-state index in [-0.39, 0.29) is 29.6 Å². The van der Waals surface area contributed by atoms with Gasteiger partial charge in [-0.3, -0.25) is 10.1 Å². The van der Waals surface area contributed by atoms with Gasteiger partial charge in [-0.25, -0.2) is 4.39 Å². The number of halogens is 1. The van der Waals surface area contributed by atoms with Crippen molar-refractivity contribution in [2.24, 2.45) is 5.73 Å². The Kier molecular flexibility index (Phi) is 3.96. The first-order valence-corrected chi connectivity index (χ1v) is 5.91. The predicted molar refractivity (Wildman–Crippen MR) is 69.8 cm³/mol. The summed E-state index contributed by atoms with van der Waals surface area (Å²) in [5, 5.41) is 14.6. The van der Waals surface area contributed by atoms with Gasteiger partial charge >= 0.3 is 0 Å². The molecule has 1 aromatic carbocycles. The number of hydrogen-bond acceptors (Lipinski definition) is 7. The predicted octanol–water partition coefficient (Wildman–Crippen LogP) is 1.60. The number of benzene rings is 1. The van der Waals surface area contributed by atoms with Gasteiger partial charge in [0.25, 0.3) is 11.6 Å². The fourth-order valence-electron chi connectivity index (χ4n) is 1.77. The number of ether oxygens (including phenoxy) is 1. The minimum Gasteiger partial charge on any atom is -0.382 e. The van der Waals surface area contributed by atoms with E-state index in [0.29, 0.717) is 0 Å². The quantitative estimate of drug-likeness (QED) is 0.657. The van der Waals surface area contributed by atoms with Crippen molar-refractivity contribution in [2.75, 3.05) is 13.7 Å². The molecule has 1 heterocycles. The number of aromatic nitrogens is 2. The molecule has 1 unspecified atom stereocenters. The van der Waals surface area contributed by atoms with Gasteiger partial charge in [0.15, 0.2) is 5.82 Å². The Hall–Kier alpha value is -2.39. The van der Waals surface area contributed by atoms with Crippen molar-refractivity contribution in [2.45, 2.75) is 12.5 Å². The van der Waals surface area contributed by atoms with Crippen molar-refractivity contribution in [3.63, 3.8) is 0 Å². The van der Waals surface area contributed by atoms with Gasteiger partial charge in [0.05, 0.1) is 11.5 Å². The van der Waals surface area contributed by atoms with E-state index >= 15 is 0 Å². The maximum atomic E-state index is 13.3. The van der Waals surface area contributed by atoms with Crippen molar-refractivity contribution in [3.05, 3.63) is 40.0 Å². The van der Waals surface area contributed by atoms with Gasteiger partial charge in [0.2, 0.25) is 0 Å². The molecule has 112 valence electrons. The Labute approximate surface area is 118 Å². The normalized spacial score (nSPS) is 13.9. The number of nitrogens with zero attached hydrogens (tertiary/aromatic N) is 3. The van der Waals surface area contributed by atoms with E-state index in [0.717, 1.165) is 18.2 Å². The summed E-state index contributed by atoms with van der Waals surface area (Å²) in [4.78, 5) is 14.3. The molecule has 21 heavy (non-hydrogen) atoms. The molecule has 1 aromatic heterocycles. The third-order valence-electron chi connectivity index (χ3n) is 2.77. The number of methoxy groups -OCH3 is 1. The lowest BCUT2D eigenvalue weighted by Crippen LogP contribution is -2.38. The van der Waals surface area contributed by atoms with Crippen LogP contribution in [0.15, 0.2) is 22.7 Å². The van der Waals surface area contributed by atoms with Crippen LogP contribution in [-0.2, 0) is 10.3 Å². The van der Waals surface area contributed by atoms with Crippen LogP contribution in [0.5, 0.6) is 0 Å². The molecule has 0 bridgehead atoms. The minimum absolute atomic E-state index is 0.105. The van der Waals surface area contributed by atoms with Gasteiger partial charge < -0.3 is 15.0 Å². The Morgan fingerprint density at radius 3 is 2.90 bits per heavy atom. The third-order valence-corrected chi connectivity index (χ3v) is 2.77. The van der Waals surface area contributed by atoms with Crippen LogP contribution < -0.4 is 5.73 Å². The molecule has 0 radical (unpaired) electrons. The van der Waals surface area contributed by atoms with Crippen LogP contribution in [0.1, 0.15) is 12.7 Å². The second-order valence-corrected chi connectivity index (χ2v) is 4.69. The van der Waals surface area contributed by atoms with Crippen LogP contribution in [0.4, 0.5) is 10.1 Å². The first kappa shape index (κ1) is 15.0. The molecule has 8 nitrogen and oxygen atoms in total. The molecule has 0 saturated carbocycles. The molecule has 0 spiro atoms. The lowest BCUT2D eigenvalue weighted by molar-refractivity contribution is -0.384. The molecule has 0 saturated heterocycles. The summed E-state index contributed by atoms with van der Waals surface area (Å²) in [5.41, 5.74) is 4.48. The molecular weight excluding hydrogens is 283 g/mol. The fraction of sp³-hybridized carbons (Fsp3) is 0.333. The molecule has 9 heteroatoms. The van der Waals surface area contributed by atoms with Gasteiger partial charge in [-0.2, -0.15) is 4.98 Å². The SMILES string of the molecule is COCC(C)(N)c1noc(-c2cc(F)ccc2[N+](=O)[O-])n1. The highest BCUT2D eigenvalue weighted by molar-refractivity contribution is 5.66. The Morgan fingerprint density at radius 2 is 2.29 bits per heavy atom. The largest absolute Gasteiger partial charge is 0.382 e. The van der Waals surface area contributed by atoms with Gasteiger partial charge in [-0.1, -0.05) is 5.16 Å². The van der Waals surface area contributed by atoms with Crippen LogP contribution >= 0.6 is 0 Å². The molecule has 2 rings (SSSR count). The number of nitrogens with two attached hydrogens (primary N) is 1. The highest BCUT2D eigenvalue weighted by Gasteiger charge is 2.29. The van der Waals surface area contributed by atoms with Crippen LogP contribution in [0.25, 0.3) is 11.5 Å². The lowest BCUT2D eigenvalue weighted by Gasteiger charge is -2.18. The van der Waals surface area contributed by atoms with Gasteiger partial charge in [-0.05, 0) is 19.1 Å². The first-order chi connectivity index (χ1) is 9.85. The Morgan fingerprint density at radius 1 is 1.57 bits per heavy atom. The first-order valence-electron chi connectivity index (χ1n) is 5.91. The van der Waals surface area contributed by atoms with E-state index in [9.17, 15) is 14.5 Å². The Balaban J connectivity index is 2.47. The zero-order chi connectivity index (χ0) is 15.6. The van der Waals surface area contributed by atoms with Crippen molar-refractivity contribution >= 4 is 5.69 Å². The number of rotatable bonds is 5. The average molecular weight is 296 g/mol. The fourth-order valence-corrected chi connectivity index (χ4v) is 1.77. The van der Waals surface area contributed by atoms with E-state index < -0.39 is 16.3 Å². The molecule has 0 aliphatic rings. The van der Waals surface area contributed by atoms with E-state index in [1.54, 1.807) is 6.92 Å². The number of hydrogen-bond donors (Lipinski definition) is 1. The zero-order valence-corrected chi connectivity index (χ0v) is 11.4. The molecule has 2 aromatic rings. The summed E-state index contributed by atoms with van der Waals surface area (Å²) < 4.78 is 23.2. The smallest absolute Gasteiger partial charge is 0.282 e. The van der Waals surface area contributed by atoms with Gasteiger partial charge in [-0.15, -0.1) is 0 Å². The summed E-state index contributed by atoms with van der Waals surface area (Å²) in [5.74, 6) is -0.718. The Bertz CT molecular complexity index is 671. The second-order valence-electron chi connectivity index (χ2n) is 4.69. The van der Waals surface area contributed by atoms with E-state index in [2.05, 4.69) is 10.1 Å². The van der Waals surface area contributed by atoms with Gasteiger partial charge in [0, 0.05) is 13.2 Å². The summed E-state index contributed by atoms with van der Waals surface area (Å²) in [7, 11) is 1.46. The number of nitro benzene ring substituents is 1. The summed E-state index contributed by atoms with van der Waals surface area (Å²) in [6, 6.07) is 2.97. The van der Waals surface area contributed by atoms with Crippen molar-refractivity contribution in [3.8, 4) is 11.5 Å². The van der Waals surface area contributed by atoms with Crippen LogP contribution in [0.2, 0.25) is 0 Å². The monoisotopic (exact) mass is 296 g/mol. The van der Waals surface area contributed by atoms with Crippen LogP contribution in [0, 0.1) is 15.9 Å². The summed E-state index contributed by atoms with van der Waals surface area (Å²) in [6.45, 7) is 1.74. The van der Waals surface area contributed by atoms with Crippen molar-refractivity contribution < 1.29 is 18.6 Å². The third kappa shape index (κ3) is 3.03. The number of nitro groups is 1. The van der Waals surface area contributed by atoms with Crippen molar-refractivity contribution in [1.82, 2.24) is 10.1 Å².